The molecule has 0 unspecified atom stereocenters. The average molecular weight is 740 g/mol. The Morgan fingerprint density at radius 1 is 0.362 bits per heavy atom. The summed E-state index contributed by atoms with van der Waals surface area (Å²) in [6.07, 6.45) is 9.89. The second kappa shape index (κ2) is 14.1. The number of aromatic nitrogens is 3. The topological polar surface area (TPSA) is 30.7 Å². The zero-order chi connectivity index (χ0) is 38.4. The number of allylic oxidation sites excluding steroid dienone is 2. The second-order valence-corrected chi connectivity index (χ2v) is 14.8. The van der Waals surface area contributed by atoms with Crippen molar-refractivity contribution in [2.24, 2.45) is 0 Å². The molecule has 58 heavy (non-hydrogen) atoms. The maximum Gasteiger partial charge on any atom is 0.161 e. The largest absolute Gasteiger partial charge is 0.309 e. The van der Waals surface area contributed by atoms with Crippen LogP contribution >= 0.6 is 0 Å². The number of hydrogen-bond acceptors (Lipinski definition) is 2. The molecule has 0 bridgehead atoms. The average Bonchev–Trinajstić information content (AvgIpc) is 3.42. The van der Waals surface area contributed by atoms with Gasteiger partial charge >= 0.3 is 0 Å². The van der Waals surface area contributed by atoms with Crippen molar-refractivity contribution in [1.29, 1.82) is 0 Å². The minimum atomic E-state index is 0.704. The molecule has 1 aliphatic rings. The van der Waals surface area contributed by atoms with E-state index in [9.17, 15) is 0 Å². The van der Waals surface area contributed by atoms with Gasteiger partial charge in [-0.15, -0.1) is 0 Å². The summed E-state index contributed by atoms with van der Waals surface area (Å²) in [6.45, 7) is 0. The van der Waals surface area contributed by atoms with Gasteiger partial charge in [-0.2, -0.15) is 0 Å². The van der Waals surface area contributed by atoms with E-state index < -0.39 is 0 Å². The SMILES string of the molecule is C1=Cc2c(-c3ccccc3)ccc(-c3cc(-c4ccccc4)nc(-c4ccc(-c5ccc(-n6c7ccccc7c7ccccc76)cc5)c5ccccc45)n3)c2C=CC1. The van der Waals surface area contributed by atoms with Gasteiger partial charge in [0.25, 0.3) is 0 Å². The zero-order valence-electron chi connectivity index (χ0n) is 31.8. The quantitative estimate of drug-likeness (QED) is 0.170. The Morgan fingerprint density at radius 3 is 1.52 bits per heavy atom. The molecule has 11 rings (SSSR count). The van der Waals surface area contributed by atoms with Gasteiger partial charge in [0.2, 0.25) is 0 Å². The minimum Gasteiger partial charge on any atom is -0.309 e. The van der Waals surface area contributed by atoms with Crippen LogP contribution in [0.5, 0.6) is 0 Å². The van der Waals surface area contributed by atoms with Gasteiger partial charge in [0.1, 0.15) is 0 Å². The first-order valence-electron chi connectivity index (χ1n) is 19.9. The van der Waals surface area contributed by atoms with Crippen molar-refractivity contribution in [2.45, 2.75) is 6.42 Å². The van der Waals surface area contributed by atoms with Gasteiger partial charge in [-0.3, -0.25) is 0 Å². The lowest BCUT2D eigenvalue weighted by Crippen LogP contribution is -1.99. The van der Waals surface area contributed by atoms with E-state index in [1.807, 2.05) is 6.07 Å². The van der Waals surface area contributed by atoms with Crippen LogP contribution in [0.3, 0.4) is 0 Å². The molecule has 0 aliphatic heterocycles. The molecule has 2 heterocycles. The molecular formula is C55H37N3. The highest BCUT2D eigenvalue weighted by atomic mass is 15.0. The van der Waals surface area contributed by atoms with E-state index in [2.05, 4.69) is 211 Å². The Bertz CT molecular complexity index is 3170. The van der Waals surface area contributed by atoms with Crippen molar-refractivity contribution in [3.05, 3.63) is 211 Å². The van der Waals surface area contributed by atoms with E-state index in [1.54, 1.807) is 0 Å². The fourth-order valence-electron chi connectivity index (χ4n) is 8.74. The summed E-state index contributed by atoms with van der Waals surface area (Å²) in [4.78, 5) is 10.7. The second-order valence-electron chi connectivity index (χ2n) is 14.8. The summed E-state index contributed by atoms with van der Waals surface area (Å²) >= 11 is 0. The summed E-state index contributed by atoms with van der Waals surface area (Å²) in [5.74, 6) is 0.704. The summed E-state index contributed by atoms with van der Waals surface area (Å²) in [7, 11) is 0. The lowest BCUT2D eigenvalue weighted by Gasteiger charge is -2.17. The summed E-state index contributed by atoms with van der Waals surface area (Å²) in [5, 5.41) is 4.80. The molecule has 2 aromatic heterocycles. The molecule has 0 saturated heterocycles. The molecule has 8 aromatic carbocycles. The number of benzene rings is 8. The van der Waals surface area contributed by atoms with Crippen LogP contribution in [0, 0.1) is 0 Å². The highest BCUT2D eigenvalue weighted by Gasteiger charge is 2.19. The van der Waals surface area contributed by atoms with E-state index in [1.165, 1.54) is 49.6 Å². The van der Waals surface area contributed by atoms with Gasteiger partial charge in [0.15, 0.2) is 5.82 Å². The maximum absolute atomic E-state index is 5.41. The normalized spacial score (nSPS) is 12.3. The predicted octanol–water partition coefficient (Wildman–Crippen LogP) is 14.5. The summed E-state index contributed by atoms with van der Waals surface area (Å²) in [6, 6.07) is 67.1. The fraction of sp³-hybridized carbons (Fsp3) is 0.0182. The first kappa shape index (κ1) is 33.7. The van der Waals surface area contributed by atoms with Gasteiger partial charge in [-0.1, -0.05) is 176 Å². The van der Waals surface area contributed by atoms with Crippen molar-refractivity contribution in [1.82, 2.24) is 14.5 Å². The third-order valence-corrected chi connectivity index (χ3v) is 11.5. The van der Waals surface area contributed by atoms with Crippen molar-refractivity contribution in [3.63, 3.8) is 0 Å². The van der Waals surface area contributed by atoms with Gasteiger partial charge in [0, 0.05) is 33.2 Å². The summed E-state index contributed by atoms with van der Waals surface area (Å²) in [5.41, 5.74) is 15.6. The van der Waals surface area contributed by atoms with E-state index in [0.29, 0.717) is 5.82 Å². The number of nitrogens with zero attached hydrogens (tertiary/aromatic N) is 3. The fourth-order valence-corrected chi connectivity index (χ4v) is 8.74. The first-order chi connectivity index (χ1) is 28.8. The molecule has 0 atom stereocenters. The molecule has 1 aliphatic carbocycles. The molecule has 0 fully saturated rings. The number of hydrogen-bond donors (Lipinski definition) is 0. The van der Waals surface area contributed by atoms with Crippen molar-refractivity contribution < 1.29 is 0 Å². The molecule has 0 radical (unpaired) electrons. The highest BCUT2D eigenvalue weighted by Crippen LogP contribution is 2.40. The molecule has 10 aromatic rings. The molecule has 0 spiro atoms. The monoisotopic (exact) mass is 739 g/mol. The predicted molar refractivity (Wildman–Crippen MR) is 244 cm³/mol. The van der Waals surface area contributed by atoms with Crippen LogP contribution in [0.2, 0.25) is 0 Å². The van der Waals surface area contributed by atoms with Gasteiger partial charge in [0.05, 0.1) is 22.4 Å². The Balaban J connectivity index is 1.05. The lowest BCUT2D eigenvalue weighted by atomic mass is 9.90. The number of fused-ring (bicyclic) bond motifs is 5. The molecule has 0 N–H and O–H groups in total. The molecule has 272 valence electrons. The highest BCUT2D eigenvalue weighted by molar-refractivity contribution is 6.09. The van der Waals surface area contributed by atoms with Crippen LogP contribution in [-0.2, 0) is 0 Å². The van der Waals surface area contributed by atoms with Crippen molar-refractivity contribution >= 4 is 44.7 Å². The molecule has 3 nitrogen and oxygen atoms in total. The smallest absolute Gasteiger partial charge is 0.161 e. The Morgan fingerprint density at radius 2 is 0.845 bits per heavy atom. The Kier molecular flexibility index (Phi) is 8.22. The maximum atomic E-state index is 5.41. The van der Waals surface area contributed by atoms with Crippen LogP contribution in [0.15, 0.2) is 200 Å². The zero-order valence-corrected chi connectivity index (χ0v) is 31.8. The van der Waals surface area contributed by atoms with E-state index in [-0.39, 0.29) is 0 Å². The number of para-hydroxylation sites is 2. The van der Waals surface area contributed by atoms with Gasteiger partial charge < -0.3 is 4.57 Å². The third-order valence-electron chi connectivity index (χ3n) is 11.5. The Labute approximate surface area is 337 Å². The molecular weight excluding hydrogens is 703 g/mol. The van der Waals surface area contributed by atoms with Crippen LogP contribution < -0.4 is 0 Å². The standard InChI is InChI=1S/C55H37N3/c1-4-16-37(17-5-1)41-32-34-47(45-21-9-3-8-20-43(41)45)52-36-51(39-18-6-2-7-19-39)56-55(57-52)50-35-33-42(44-22-10-11-23-46(44)50)38-28-30-40(31-29-38)58-53-26-14-12-24-48(53)49-25-13-15-27-54(49)58/h1-2,4-36H,3H2. The van der Waals surface area contributed by atoms with Crippen molar-refractivity contribution in [2.75, 3.05) is 0 Å². The number of rotatable bonds is 6. The van der Waals surface area contributed by atoms with E-state index in [4.69, 9.17) is 9.97 Å². The Hall–Kier alpha value is -7.62. The first-order valence-corrected chi connectivity index (χ1v) is 19.9. The van der Waals surface area contributed by atoms with Gasteiger partial charge in [-0.05, 0) is 87.0 Å². The van der Waals surface area contributed by atoms with E-state index in [0.717, 1.165) is 56.5 Å². The van der Waals surface area contributed by atoms with Crippen molar-refractivity contribution in [3.8, 4) is 61.8 Å². The van der Waals surface area contributed by atoms with Crippen LogP contribution in [0.1, 0.15) is 17.5 Å². The van der Waals surface area contributed by atoms with Crippen LogP contribution in [0.25, 0.3) is 107 Å². The molecule has 3 heteroatoms. The molecule has 0 amide bonds. The third kappa shape index (κ3) is 5.75. The lowest BCUT2D eigenvalue weighted by molar-refractivity contribution is 1.18. The minimum absolute atomic E-state index is 0.704. The van der Waals surface area contributed by atoms with Crippen LogP contribution in [-0.4, -0.2) is 14.5 Å². The van der Waals surface area contributed by atoms with E-state index >= 15 is 0 Å². The van der Waals surface area contributed by atoms with Crippen LogP contribution in [0.4, 0.5) is 0 Å². The van der Waals surface area contributed by atoms with Gasteiger partial charge in [-0.25, -0.2) is 9.97 Å². The summed E-state index contributed by atoms with van der Waals surface area (Å²) < 4.78 is 2.37. The molecule has 0 saturated carbocycles.